The predicted molar refractivity (Wildman–Crippen MR) is 126 cm³/mol. The van der Waals surface area contributed by atoms with Gasteiger partial charge in [0.25, 0.3) is 0 Å². The molecule has 0 unspecified atom stereocenters. The molecule has 0 aliphatic rings. The van der Waals surface area contributed by atoms with E-state index in [4.69, 9.17) is 32.8 Å². The fourth-order valence-electron chi connectivity index (χ4n) is 3.62. The van der Waals surface area contributed by atoms with Gasteiger partial charge in [-0.2, -0.15) is 0 Å². The molecule has 0 N–H and O–H groups in total. The van der Waals surface area contributed by atoms with Gasteiger partial charge in [-0.25, -0.2) is 0 Å². The summed E-state index contributed by atoms with van der Waals surface area (Å²) < 4.78 is 39.5. The lowest BCUT2D eigenvalue weighted by Gasteiger charge is -2.17. The Morgan fingerprint density at radius 3 is 2.06 bits per heavy atom. The van der Waals surface area contributed by atoms with Gasteiger partial charge in [-0.3, -0.25) is 4.79 Å². The highest BCUT2D eigenvalue weighted by Crippen LogP contribution is 2.44. The highest BCUT2D eigenvalue weighted by molar-refractivity contribution is 5.93. The first-order valence-corrected chi connectivity index (χ1v) is 10.7. The molecule has 178 valence electrons. The lowest BCUT2D eigenvalue weighted by Crippen LogP contribution is -2.10. The molecule has 8 nitrogen and oxygen atoms in total. The Kier molecular flexibility index (Phi) is 7.92. The van der Waals surface area contributed by atoms with Gasteiger partial charge in [0.15, 0.2) is 28.6 Å². The zero-order valence-corrected chi connectivity index (χ0v) is 19.9. The summed E-state index contributed by atoms with van der Waals surface area (Å²) in [7, 11) is 7.48. The normalized spacial score (nSPS) is 10.7. The minimum Gasteiger partial charge on any atom is -0.496 e. The molecular formula is C25H30O8. The van der Waals surface area contributed by atoms with E-state index in [0.29, 0.717) is 40.9 Å². The average molecular weight is 459 g/mol. The molecule has 3 rings (SSSR count). The van der Waals surface area contributed by atoms with E-state index >= 15 is 0 Å². The molecule has 0 saturated carbocycles. The van der Waals surface area contributed by atoms with Crippen molar-refractivity contribution in [1.29, 1.82) is 0 Å². The van der Waals surface area contributed by atoms with E-state index in [2.05, 4.69) is 6.92 Å². The van der Waals surface area contributed by atoms with Gasteiger partial charge in [0, 0.05) is 11.6 Å². The first-order chi connectivity index (χ1) is 16.0. The molecule has 0 spiro atoms. The summed E-state index contributed by atoms with van der Waals surface area (Å²) in [4.78, 5) is 13.5. The van der Waals surface area contributed by atoms with E-state index in [0.717, 1.165) is 19.3 Å². The minimum absolute atomic E-state index is 0.0340. The largest absolute Gasteiger partial charge is 0.496 e. The smallest absolute Gasteiger partial charge is 0.239 e. The number of ether oxygens (including phenoxy) is 6. The molecule has 0 saturated heterocycles. The molecule has 0 bridgehead atoms. The fraction of sp³-hybridized carbons (Fsp3) is 0.400. The molecule has 0 atom stereocenters. The Morgan fingerprint density at radius 1 is 0.758 bits per heavy atom. The number of hydrogen-bond donors (Lipinski definition) is 0. The summed E-state index contributed by atoms with van der Waals surface area (Å²) in [6, 6.07) is 6.82. The summed E-state index contributed by atoms with van der Waals surface area (Å²) in [5.74, 6) is 2.34. The zero-order valence-electron chi connectivity index (χ0n) is 19.9. The summed E-state index contributed by atoms with van der Waals surface area (Å²) in [6.45, 7) is 2.62. The molecule has 2 aromatic carbocycles. The average Bonchev–Trinajstić information content (AvgIpc) is 2.85. The van der Waals surface area contributed by atoms with Crippen LogP contribution < -0.4 is 33.8 Å². The van der Waals surface area contributed by atoms with Crippen molar-refractivity contribution in [3.8, 4) is 45.8 Å². The number of hydrogen-bond acceptors (Lipinski definition) is 8. The van der Waals surface area contributed by atoms with Gasteiger partial charge in [-0.1, -0.05) is 19.8 Å². The molecular weight excluding hydrogens is 428 g/mol. The molecule has 0 radical (unpaired) electrons. The highest BCUT2D eigenvalue weighted by Gasteiger charge is 2.26. The molecule has 33 heavy (non-hydrogen) atoms. The molecule has 0 aliphatic heterocycles. The van der Waals surface area contributed by atoms with Crippen LogP contribution in [0.1, 0.15) is 26.2 Å². The Balaban J connectivity index is 2.29. The lowest BCUT2D eigenvalue weighted by atomic mass is 10.1. The zero-order chi connectivity index (χ0) is 24.0. The van der Waals surface area contributed by atoms with Crippen LogP contribution >= 0.6 is 0 Å². The third kappa shape index (κ3) is 4.65. The van der Waals surface area contributed by atoms with Gasteiger partial charge in [0.1, 0.15) is 11.1 Å². The van der Waals surface area contributed by atoms with Crippen molar-refractivity contribution in [3.63, 3.8) is 0 Å². The van der Waals surface area contributed by atoms with Gasteiger partial charge in [-0.15, -0.1) is 0 Å². The van der Waals surface area contributed by atoms with Gasteiger partial charge in [0.05, 0.1) is 42.2 Å². The molecule has 0 fully saturated rings. The van der Waals surface area contributed by atoms with Crippen molar-refractivity contribution in [2.24, 2.45) is 0 Å². The second-order valence-corrected chi connectivity index (χ2v) is 7.23. The maximum atomic E-state index is 13.5. The summed E-state index contributed by atoms with van der Waals surface area (Å²) in [6.07, 6.45) is 3.01. The number of methoxy groups -OCH3 is 5. The van der Waals surface area contributed by atoms with Gasteiger partial charge in [-0.05, 0) is 24.6 Å². The quantitative estimate of drug-likeness (QED) is 0.368. The van der Waals surface area contributed by atoms with Crippen molar-refractivity contribution >= 4 is 11.0 Å². The van der Waals surface area contributed by atoms with Crippen molar-refractivity contribution in [2.45, 2.75) is 26.2 Å². The van der Waals surface area contributed by atoms with Crippen LogP contribution in [0.25, 0.3) is 22.3 Å². The maximum absolute atomic E-state index is 13.5. The number of benzene rings is 2. The molecule has 1 heterocycles. The fourth-order valence-corrected chi connectivity index (χ4v) is 3.62. The Labute approximate surface area is 192 Å². The Bertz CT molecular complexity index is 1170. The van der Waals surface area contributed by atoms with E-state index in [1.54, 1.807) is 31.4 Å². The minimum atomic E-state index is -0.392. The van der Waals surface area contributed by atoms with Crippen LogP contribution in [0.2, 0.25) is 0 Å². The third-order valence-electron chi connectivity index (χ3n) is 5.29. The van der Waals surface area contributed by atoms with Crippen LogP contribution in [0.15, 0.2) is 33.5 Å². The van der Waals surface area contributed by atoms with Gasteiger partial charge in [0.2, 0.25) is 16.9 Å². The van der Waals surface area contributed by atoms with Crippen LogP contribution in [0.3, 0.4) is 0 Å². The van der Waals surface area contributed by atoms with Crippen LogP contribution in [0, 0.1) is 0 Å². The number of rotatable bonds is 11. The number of fused-ring (bicyclic) bond motifs is 1. The third-order valence-corrected chi connectivity index (χ3v) is 5.29. The van der Waals surface area contributed by atoms with Crippen molar-refractivity contribution in [2.75, 3.05) is 42.2 Å². The maximum Gasteiger partial charge on any atom is 0.239 e. The van der Waals surface area contributed by atoms with E-state index in [1.807, 2.05) is 0 Å². The van der Waals surface area contributed by atoms with Gasteiger partial charge >= 0.3 is 0 Å². The van der Waals surface area contributed by atoms with Crippen LogP contribution in [-0.2, 0) is 0 Å². The molecule has 3 aromatic rings. The SMILES string of the molecule is CCCCCOc1cc(OC)c2c(=O)c(OC)c(-c3ccc(OC)c(OC)c3)oc2c1OC. The van der Waals surface area contributed by atoms with Crippen LogP contribution in [-0.4, -0.2) is 42.2 Å². The van der Waals surface area contributed by atoms with Crippen LogP contribution in [0.5, 0.6) is 34.5 Å². The van der Waals surface area contributed by atoms with Crippen molar-refractivity contribution < 1.29 is 32.8 Å². The molecule has 0 aliphatic carbocycles. The summed E-state index contributed by atoms with van der Waals surface area (Å²) in [5.41, 5.74) is 0.382. The van der Waals surface area contributed by atoms with Gasteiger partial charge < -0.3 is 32.8 Å². The second kappa shape index (κ2) is 10.8. The van der Waals surface area contributed by atoms with Crippen LogP contribution in [0.4, 0.5) is 0 Å². The highest BCUT2D eigenvalue weighted by atomic mass is 16.5. The summed E-state index contributed by atoms with van der Waals surface area (Å²) in [5, 5.41) is 0.205. The summed E-state index contributed by atoms with van der Waals surface area (Å²) >= 11 is 0. The first kappa shape index (κ1) is 24.1. The van der Waals surface area contributed by atoms with E-state index in [-0.39, 0.29) is 22.5 Å². The lowest BCUT2D eigenvalue weighted by molar-refractivity contribution is 0.283. The molecule has 0 amide bonds. The Morgan fingerprint density at radius 2 is 1.45 bits per heavy atom. The predicted octanol–water partition coefficient (Wildman–Crippen LogP) is 5.07. The van der Waals surface area contributed by atoms with E-state index < -0.39 is 5.43 Å². The topological polar surface area (TPSA) is 85.6 Å². The molecule has 8 heteroatoms. The van der Waals surface area contributed by atoms with E-state index in [9.17, 15) is 4.79 Å². The molecule has 1 aromatic heterocycles. The number of unbranched alkanes of at least 4 members (excludes halogenated alkanes) is 2. The Hall–Kier alpha value is -3.55. The standard InChI is InChI=1S/C25H30O8/c1-7-8-9-12-32-19-14-18(29-4)20-21(26)25(31-6)22(33-24(20)23(19)30-5)15-10-11-16(27-2)17(13-15)28-3/h10-11,13-14H,7-9,12H2,1-6H3. The second-order valence-electron chi connectivity index (χ2n) is 7.23. The first-order valence-electron chi connectivity index (χ1n) is 10.7. The van der Waals surface area contributed by atoms with Crippen molar-refractivity contribution in [3.05, 3.63) is 34.5 Å². The van der Waals surface area contributed by atoms with Crippen molar-refractivity contribution in [1.82, 2.24) is 0 Å². The monoisotopic (exact) mass is 458 g/mol. The van der Waals surface area contributed by atoms with E-state index in [1.165, 1.54) is 28.4 Å².